The summed E-state index contributed by atoms with van der Waals surface area (Å²) in [6.07, 6.45) is 11.5. The SMILES string of the molecule is Cc1ccc2[nH]cc(C(C)CC(=O)N3C4CC5(C)CC3CC(C)(C4)C5)c2c1OC1CC1. The lowest BCUT2D eigenvalue weighted by atomic mass is 9.50. The summed E-state index contributed by atoms with van der Waals surface area (Å²) < 4.78 is 6.32. The fourth-order valence-corrected chi connectivity index (χ4v) is 7.70. The van der Waals surface area contributed by atoms with Crippen LogP contribution in [0.25, 0.3) is 10.9 Å². The Balaban J connectivity index is 1.26. The fourth-order valence-electron chi connectivity index (χ4n) is 7.70. The van der Waals surface area contributed by atoms with Crippen molar-refractivity contribution in [1.29, 1.82) is 0 Å². The maximum atomic E-state index is 13.6. The number of aromatic amines is 1. The van der Waals surface area contributed by atoms with Crippen LogP contribution in [0.5, 0.6) is 5.75 Å². The minimum atomic E-state index is 0.174. The number of benzene rings is 1. The van der Waals surface area contributed by atoms with Crippen molar-refractivity contribution in [3.8, 4) is 5.75 Å². The van der Waals surface area contributed by atoms with Crippen LogP contribution >= 0.6 is 0 Å². The van der Waals surface area contributed by atoms with Gasteiger partial charge in [0.2, 0.25) is 5.91 Å². The van der Waals surface area contributed by atoms with E-state index in [0.29, 0.717) is 41.3 Å². The summed E-state index contributed by atoms with van der Waals surface area (Å²) in [7, 11) is 0. The van der Waals surface area contributed by atoms with Crippen LogP contribution in [0.4, 0.5) is 0 Å². The number of aromatic nitrogens is 1. The molecule has 3 heterocycles. The monoisotopic (exact) mass is 420 g/mol. The van der Waals surface area contributed by atoms with Crippen molar-refractivity contribution >= 4 is 16.8 Å². The molecule has 1 aromatic carbocycles. The molecule has 2 aliphatic heterocycles. The van der Waals surface area contributed by atoms with Crippen molar-refractivity contribution in [3.05, 3.63) is 29.5 Å². The van der Waals surface area contributed by atoms with Gasteiger partial charge in [-0.15, -0.1) is 0 Å². The van der Waals surface area contributed by atoms with Crippen LogP contribution in [-0.4, -0.2) is 34.0 Å². The van der Waals surface area contributed by atoms with E-state index in [0.717, 1.165) is 24.1 Å². The quantitative estimate of drug-likeness (QED) is 0.637. The van der Waals surface area contributed by atoms with Crippen molar-refractivity contribution in [2.24, 2.45) is 10.8 Å². The second kappa shape index (κ2) is 6.52. The van der Waals surface area contributed by atoms with Crippen LogP contribution in [0.3, 0.4) is 0 Å². The normalized spacial score (nSPS) is 35.0. The number of amides is 1. The summed E-state index contributed by atoms with van der Waals surface area (Å²) in [6.45, 7) is 9.27. The average Bonchev–Trinajstić information content (AvgIpc) is 3.37. The first kappa shape index (κ1) is 19.7. The van der Waals surface area contributed by atoms with Gasteiger partial charge >= 0.3 is 0 Å². The molecule has 7 rings (SSSR count). The molecule has 1 N–H and O–H groups in total. The molecule has 1 amide bonds. The maximum absolute atomic E-state index is 13.6. The van der Waals surface area contributed by atoms with Crippen LogP contribution in [0.15, 0.2) is 18.3 Å². The standard InChI is InChI=1S/C27H36N2O2/c1-16-5-8-22-24(25(16)31-20-6-7-20)21(14-28-22)17(2)9-23(30)29-18-10-26(3)11-19(29)13-27(4,12-18)15-26/h5,8,14,17-20,28H,6-7,9-13,15H2,1-4H3. The van der Waals surface area contributed by atoms with Gasteiger partial charge in [-0.05, 0) is 85.8 Å². The molecule has 31 heavy (non-hydrogen) atoms. The van der Waals surface area contributed by atoms with Gasteiger partial charge in [-0.2, -0.15) is 0 Å². The molecule has 1 unspecified atom stereocenters. The van der Waals surface area contributed by atoms with E-state index in [4.69, 9.17) is 4.74 Å². The summed E-state index contributed by atoms with van der Waals surface area (Å²) >= 11 is 0. The minimum absolute atomic E-state index is 0.174. The predicted octanol–water partition coefficient (Wildman–Crippen LogP) is 6.08. The first-order chi connectivity index (χ1) is 14.7. The number of rotatable bonds is 5. The zero-order valence-electron chi connectivity index (χ0n) is 19.5. The number of hydrogen-bond donors (Lipinski definition) is 1. The summed E-state index contributed by atoms with van der Waals surface area (Å²) in [5.74, 6) is 1.56. The molecule has 3 aliphatic carbocycles. The van der Waals surface area contributed by atoms with E-state index in [1.165, 1.54) is 48.6 Å². The van der Waals surface area contributed by atoms with Crippen molar-refractivity contribution in [2.75, 3.05) is 0 Å². The number of nitrogens with one attached hydrogen (secondary N) is 1. The highest BCUT2D eigenvalue weighted by atomic mass is 16.5. The van der Waals surface area contributed by atoms with Gasteiger partial charge < -0.3 is 14.6 Å². The molecule has 2 aromatic rings. The summed E-state index contributed by atoms with van der Waals surface area (Å²) in [5, 5.41) is 1.19. The van der Waals surface area contributed by atoms with E-state index in [1.807, 2.05) is 0 Å². The molecule has 166 valence electrons. The smallest absolute Gasteiger partial charge is 0.223 e. The summed E-state index contributed by atoms with van der Waals surface area (Å²) in [6, 6.07) is 5.19. The molecular formula is C27H36N2O2. The lowest BCUT2D eigenvalue weighted by molar-refractivity contribution is -0.168. The lowest BCUT2D eigenvalue weighted by Gasteiger charge is -2.64. The molecule has 0 spiro atoms. The second-order valence-electron chi connectivity index (χ2n) is 12.0. The molecule has 2 saturated heterocycles. The van der Waals surface area contributed by atoms with E-state index < -0.39 is 0 Å². The number of ether oxygens (including phenoxy) is 1. The Morgan fingerprint density at radius 1 is 1.16 bits per heavy atom. The van der Waals surface area contributed by atoms with E-state index in [1.54, 1.807) is 0 Å². The van der Waals surface area contributed by atoms with E-state index in [9.17, 15) is 4.79 Å². The molecule has 4 heteroatoms. The molecule has 0 radical (unpaired) electrons. The minimum Gasteiger partial charge on any atom is -0.489 e. The van der Waals surface area contributed by atoms with Crippen LogP contribution in [0.1, 0.15) is 89.2 Å². The molecule has 4 nitrogen and oxygen atoms in total. The number of aryl methyl sites for hydroxylation is 1. The molecule has 5 fully saturated rings. The second-order valence-corrected chi connectivity index (χ2v) is 12.0. The Hall–Kier alpha value is -1.97. The topological polar surface area (TPSA) is 45.3 Å². The number of H-pyrrole nitrogens is 1. The van der Waals surface area contributed by atoms with Crippen LogP contribution < -0.4 is 4.74 Å². The van der Waals surface area contributed by atoms with Gasteiger partial charge in [0.05, 0.1) is 6.10 Å². The number of carbonyl (C=O) groups is 1. The zero-order valence-corrected chi connectivity index (χ0v) is 19.5. The molecular weight excluding hydrogens is 384 g/mol. The first-order valence-corrected chi connectivity index (χ1v) is 12.3. The molecule has 1 atom stereocenters. The summed E-state index contributed by atoms with van der Waals surface area (Å²) in [5.41, 5.74) is 4.43. The van der Waals surface area contributed by atoms with Gasteiger partial charge in [-0.3, -0.25) is 4.79 Å². The van der Waals surface area contributed by atoms with E-state index in [-0.39, 0.29) is 5.92 Å². The molecule has 1 aromatic heterocycles. The zero-order chi connectivity index (χ0) is 21.5. The number of fused-ring (bicyclic) bond motifs is 1. The lowest BCUT2D eigenvalue weighted by Crippen LogP contribution is -2.65. The number of piperidine rings is 2. The van der Waals surface area contributed by atoms with Crippen LogP contribution in [0.2, 0.25) is 0 Å². The third-order valence-corrected chi connectivity index (χ3v) is 8.69. The Labute approximate surface area is 185 Å². The van der Waals surface area contributed by atoms with E-state index in [2.05, 4.69) is 55.9 Å². The highest BCUT2D eigenvalue weighted by Gasteiger charge is 2.58. The summed E-state index contributed by atoms with van der Waals surface area (Å²) in [4.78, 5) is 19.4. The Morgan fingerprint density at radius 2 is 1.81 bits per heavy atom. The van der Waals surface area contributed by atoms with Crippen LogP contribution in [0, 0.1) is 17.8 Å². The fraction of sp³-hybridized carbons (Fsp3) is 0.667. The van der Waals surface area contributed by atoms with E-state index >= 15 is 0 Å². The van der Waals surface area contributed by atoms with Gasteiger partial charge in [0.1, 0.15) is 5.75 Å². The Morgan fingerprint density at radius 3 is 2.42 bits per heavy atom. The van der Waals surface area contributed by atoms with Gasteiger partial charge in [0.25, 0.3) is 0 Å². The highest BCUT2D eigenvalue weighted by molar-refractivity contribution is 5.92. The number of nitrogens with zero attached hydrogens (tertiary/aromatic N) is 1. The van der Waals surface area contributed by atoms with Gasteiger partial charge in [-0.25, -0.2) is 0 Å². The highest BCUT2D eigenvalue weighted by Crippen LogP contribution is 2.61. The van der Waals surface area contributed by atoms with Crippen LogP contribution in [-0.2, 0) is 4.79 Å². The predicted molar refractivity (Wildman–Crippen MR) is 123 cm³/mol. The number of carbonyl (C=O) groups excluding carboxylic acids is 1. The number of hydrogen-bond acceptors (Lipinski definition) is 2. The largest absolute Gasteiger partial charge is 0.489 e. The van der Waals surface area contributed by atoms with Crippen molar-refractivity contribution < 1.29 is 9.53 Å². The van der Waals surface area contributed by atoms with Crippen molar-refractivity contribution in [2.45, 2.75) is 103 Å². The molecule has 3 saturated carbocycles. The molecule has 4 bridgehead atoms. The molecule has 5 aliphatic rings. The third kappa shape index (κ3) is 3.20. The van der Waals surface area contributed by atoms with Crippen molar-refractivity contribution in [3.63, 3.8) is 0 Å². The Bertz CT molecular complexity index is 1010. The van der Waals surface area contributed by atoms with Gasteiger partial charge in [-0.1, -0.05) is 26.8 Å². The first-order valence-electron chi connectivity index (χ1n) is 12.3. The van der Waals surface area contributed by atoms with Gasteiger partial charge in [0, 0.05) is 35.6 Å². The third-order valence-electron chi connectivity index (χ3n) is 8.69. The average molecular weight is 421 g/mol. The van der Waals surface area contributed by atoms with Crippen molar-refractivity contribution in [1.82, 2.24) is 9.88 Å². The Kier molecular flexibility index (Phi) is 4.14. The maximum Gasteiger partial charge on any atom is 0.223 e. The van der Waals surface area contributed by atoms with Gasteiger partial charge in [0.15, 0.2) is 0 Å².